The second-order valence-corrected chi connectivity index (χ2v) is 4.26. The van der Waals surface area contributed by atoms with Gasteiger partial charge in [-0.2, -0.15) is 13.2 Å². The molecule has 2 nitrogen and oxygen atoms in total. The number of hydrogen-bond donors (Lipinski definition) is 1. The van der Waals surface area contributed by atoms with Crippen LogP contribution in [-0.2, 0) is 12.8 Å². The van der Waals surface area contributed by atoms with Gasteiger partial charge in [0.1, 0.15) is 5.75 Å². The van der Waals surface area contributed by atoms with Gasteiger partial charge in [0.25, 0.3) is 0 Å². The number of aliphatic hydroxyl groups is 1. The molecule has 0 spiro atoms. The van der Waals surface area contributed by atoms with Crippen molar-refractivity contribution in [1.82, 2.24) is 0 Å². The molecule has 0 heterocycles. The summed E-state index contributed by atoms with van der Waals surface area (Å²) in [5.74, 6) is 0.603. The van der Waals surface area contributed by atoms with Gasteiger partial charge in [-0.3, -0.25) is 0 Å². The SMILES string of the molecule is COc1cccc(-c2ccc(C(F)(F)F)cc2CO)c1. The molecule has 0 unspecified atom stereocenters. The largest absolute Gasteiger partial charge is 0.497 e. The molecule has 0 aliphatic carbocycles. The first kappa shape index (κ1) is 14.4. The molecule has 2 aromatic rings. The summed E-state index contributed by atoms with van der Waals surface area (Å²) < 4.78 is 43.1. The van der Waals surface area contributed by atoms with Crippen molar-refractivity contribution in [1.29, 1.82) is 0 Å². The van der Waals surface area contributed by atoms with E-state index in [0.717, 1.165) is 12.1 Å². The maximum absolute atomic E-state index is 12.7. The quantitative estimate of drug-likeness (QED) is 0.926. The van der Waals surface area contributed by atoms with Crippen molar-refractivity contribution in [3.05, 3.63) is 53.6 Å². The molecule has 0 saturated heterocycles. The van der Waals surface area contributed by atoms with Crippen LogP contribution >= 0.6 is 0 Å². The second kappa shape index (κ2) is 5.54. The first-order chi connectivity index (χ1) is 9.45. The van der Waals surface area contributed by atoms with Crippen LogP contribution in [0, 0.1) is 0 Å². The van der Waals surface area contributed by atoms with Gasteiger partial charge in [0, 0.05) is 0 Å². The molecule has 0 radical (unpaired) electrons. The standard InChI is InChI=1S/C15H13F3O2/c1-20-13-4-2-3-10(8-13)14-6-5-12(15(16,17)18)7-11(14)9-19/h2-8,19H,9H2,1H3. The normalized spacial score (nSPS) is 11.4. The Morgan fingerprint density at radius 1 is 1.10 bits per heavy atom. The molecule has 0 aliphatic heterocycles. The minimum absolute atomic E-state index is 0.230. The van der Waals surface area contributed by atoms with E-state index in [1.807, 2.05) is 0 Å². The third-order valence-corrected chi connectivity index (χ3v) is 2.98. The van der Waals surface area contributed by atoms with E-state index in [0.29, 0.717) is 16.9 Å². The van der Waals surface area contributed by atoms with E-state index in [-0.39, 0.29) is 5.56 Å². The molecule has 2 aromatic carbocycles. The predicted octanol–water partition coefficient (Wildman–Crippen LogP) is 3.87. The van der Waals surface area contributed by atoms with Gasteiger partial charge in [-0.15, -0.1) is 0 Å². The van der Waals surface area contributed by atoms with E-state index >= 15 is 0 Å². The Morgan fingerprint density at radius 3 is 2.45 bits per heavy atom. The highest BCUT2D eigenvalue weighted by atomic mass is 19.4. The smallest absolute Gasteiger partial charge is 0.416 e. The van der Waals surface area contributed by atoms with E-state index in [2.05, 4.69) is 0 Å². The minimum Gasteiger partial charge on any atom is -0.497 e. The lowest BCUT2D eigenvalue weighted by Gasteiger charge is -2.13. The predicted molar refractivity (Wildman–Crippen MR) is 69.4 cm³/mol. The molecule has 0 bridgehead atoms. The van der Waals surface area contributed by atoms with Crippen LogP contribution < -0.4 is 4.74 Å². The van der Waals surface area contributed by atoms with Crippen molar-refractivity contribution in [2.24, 2.45) is 0 Å². The van der Waals surface area contributed by atoms with Gasteiger partial charge in [0.15, 0.2) is 0 Å². The number of alkyl halides is 3. The molecule has 20 heavy (non-hydrogen) atoms. The molecule has 2 rings (SSSR count). The van der Waals surface area contributed by atoms with Gasteiger partial charge in [-0.1, -0.05) is 18.2 Å². The third kappa shape index (κ3) is 2.93. The Bertz CT molecular complexity index is 606. The zero-order valence-electron chi connectivity index (χ0n) is 10.7. The van der Waals surface area contributed by atoms with Gasteiger partial charge in [-0.05, 0) is 41.0 Å². The third-order valence-electron chi connectivity index (χ3n) is 2.98. The first-order valence-electron chi connectivity index (χ1n) is 5.91. The molecule has 0 aliphatic rings. The van der Waals surface area contributed by atoms with Crippen molar-refractivity contribution < 1.29 is 23.0 Å². The van der Waals surface area contributed by atoms with Gasteiger partial charge >= 0.3 is 6.18 Å². The number of hydrogen-bond acceptors (Lipinski definition) is 2. The average Bonchev–Trinajstić information content (AvgIpc) is 2.45. The van der Waals surface area contributed by atoms with Gasteiger partial charge in [0.05, 0.1) is 19.3 Å². The maximum atomic E-state index is 12.7. The summed E-state index contributed by atoms with van der Waals surface area (Å²) in [5, 5.41) is 9.30. The van der Waals surface area contributed by atoms with Crippen LogP contribution in [0.25, 0.3) is 11.1 Å². The Balaban J connectivity index is 2.51. The summed E-state index contributed by atoms with van der Waals surface area (Å²) in [5.41, 5.74) is 0.711. The number of rotatable bonds is 3. The fourth-order valence-corrected chi connectivity index (χ4v) is 1.97. The van der Waals surface area contributed by atoms with E-state index in [4.69, 9.17) is 4.74 Å². The van der Waals surface area contributed by atoms with Gasteiger partial charge in [0.2, 0.25) is 0 Å². The van der Waals surface area contributed by atoms with Gasteiger partial charge < -0.3 is 9.84 Å². The fraction of sp³-hybridized carbons (Fsp3) is 0.200. The van der Waals surface area contributed by atoms with E-state index in [1.54, 1.807) is 24.3 Å². The van der Waals surface area contributed by atoms with E-state index in [9.17, 15) is 18.3 Å². The number of aliphatic hydroxyl groups excluding tert-OH is 1. The lowest BCUT2D eigenvalue weighted by Crippen LogP contribution is -2.06. The minimum atomic E-state index is -4.42. The molecule has 1 N–H and O–H groups in total. The Morgan fingerprint density at radius 2 is 1.85 bits per heavy atom. The topological polar surface area (TPSA) is 29.5 Å². The van der Waals surface area contributed by atoms with Crippen molar-refractivity contribution in [3.63, 3.8) is 0 Å². The van der Waals surface area contributed by atoms with Crippen LogP contribution in [0.2, 0.25) is 0 Å². The summed E-state index contributed by atoms with van der Waals surface area (Å²) in [7, 11) is 1.51. The fourth-order valence-electron chi connectivity index (χ4n) is 1.97. The lowest BCUT2D eigenvalue weighted by molar-refractivity contribution is -0.137. The molecule has 0 amide bonds. The summed E-state index contributed by atoms with van der Waals surface area (Å²) in [6, 6.07) is 10.3. The Labute approximate surface area is 114 Å². The number of halogens is 3. The second-order valence-electron chi connectivity index (χ2n) is 4.26. The van der Waals surface area contributed by atoms with Gasteiger partial charge in [-0.25, -0.2) is 0 Å². The van der Waals surface area contributed by atoms with Crippen LogP contribution in [0.15, 0.2) is 42.5 Å². The van der Waals surface area contributed by atoms with Crippen LogP contribution in [0.1, 0.15) is 11.1 Å². The molecule has 106 valence electrons. The van der Waals surface area contributed by atoms with Crippen molar-refractivity contribution >= 4 is 0 Å². The summed E-state index contributed by atoms with van der Waals surface area (Å²) in [6.45, 7) is -0.462. The molecule has 0 fully saturated rings. The molecular weight excluding hydrogens is 269 g/mol. The highest BCUT2D eigenvalue weighted by Crippen LogP contribution is 2.34. The summed E-state index contributed by atoms with van der Waals surface area (Å²) in [4.78, 5) is 0. The molecule has 0 saturated carbocycles. The number of methoxy groups -OCH3 is 1. The zero-order valence-corrected chi connectivity index (χ0v) is 10.7. The molecule has 0 atom stereocenters. The van der Waals surface area contributed by atoms with Crippen LogP contribution in [0.3, 0.4) is 0 Å². The van der Waals surface area contributed by atoms with Crippen LogP contribution in [0.4, 0.5) is 13.2 Å². The molecular formula is C15H13F3O2. The highest BCUT2D eigenvalue weighted by Gasteiger charge is 2.30. The monoisotopic (exact) mass is 282 g/mol. The van der Waals surface area contributed by atoms with Crippen LogP contribution in [0.5, 0.6) is 5.75 Å². The Kier molecular flexibility index (Phi) is 3.99. The van der Waals surface area contributed by atoms with Crippen LogP contribution in [-0.4, -0.2) is 12.2 Å². The maximum Gasteiger partial charge on any atom is 0.416 e. The number of benzene rings is 2. The van der Waals surface area contributed by atoms with Crippen molar-refractivity contribution in [3.8, 4) is 16.9 Å². The lowest BCUT2D eigenvalue weighted by atomic mass is 9.97. The van der Waals surface area contributed by atoms with Crippen molar-refractivity contribution in [2.75, 3.05) is 7.11 Å². The van der Waals surface area contributed by atoms with E-state index < -0.39 is 18.3 Å². The van der Waals surface area contributed by atoms with Crippen molar-refractivity contribution in [2.45, 2.75) is 12.8 Å². The Hall–Kier alpha value is -2.01. The number of ether oxygens (including phenoxy) is 1. The van der Waals surface area contributed by atoms with E-state index in [1.165, 1.54) is 13.2 Å². The first-order valence-corrected chi connectivity index (χ1v) is 5.91. The summed E-state index contributed by atoms with van der Waals surface area (Å²) in [6.07, 6.45) is -4.42. The molecule has 5 heteroatoms. The molecule has 0 aromatic heterocycles. The summed E-state index contributed by atoms with van der Waals surface area (Å²) >= 11 is 0. The zero-order chi connectivity index (χ0) is 14.8. The average molecular weight is 282 g/mol. The highest BCUT2D eigenvalue weighted by molar-refractivity contribution is 5.69.